The van der Waals surface area contributed by atoms with Gasteiger partial charge in [-0.05, 0) is 72.9 Å². The fourth-order valence-electron chi connectivity index (χ4n) is 3.77. The van der Waals surface area contributed by atoms with Crippen LogP contribution in [0.25, 0.3) is 0 Å². The van der Waals surface area contributed by atoms with Gasteiger partial charge in [0.15, 0.2) is 0 Å². The van der Waals surface area contributed by atoms with Crippen molar-refractivity contribution in [3.05, 3.63) is 0 Å². The maximum Gasteiger partial charge on any atom is 0.0345 e. The zero-order valence-electron chi connectivity index (χ0n) is 13.1. The van der Waals surface area contributed by atoms with Gasteiger partial charge in [-0.25, -0.2) is 0 Å². The topological polar surface area (TPSA) is 35.7 Å². The second-order valence-corrected chi connectivity index (χ2v) is 6.79. The minimum Gasteiger partial charge on any atom is -0.329 e. The lowest BCUT2D eigenvalue weighted by atomic mass is 9.86. The van der Waals surface area contributed by atoms with Gasteiger partial charge in [0.1, 0.15) is 0 Å². The van der Waals surface area contributed by atoms with E-state index in [1.54, 1.807) is 0 Å². The van der Waals surface area contributed by atoms with Crippen molar-refractivity contribution in [1.82, 2.24) is 14.7 Å². The number of nitrogens with two attached hydrogens (primary N) is 1. The van der Waals surface area contributed by atoms with Crippen LogP contribution in [0.2, 0.25) is 0 Å². The van der Waals surface area contributed by atoms with Gasteiger partial charge in [-0.1, -0.05) is 0 Å². The molecule has 19 heavy (non-hydrogen) atoms. The van der Waals surface area contributed by atoms with E-state index >= 15 is 0 Å². The third-order valence-electron chi connectivity index (χ3n) is 5.32. The van der Waals surface area contributed by atoms with Crippen LogP contribution in [0.3, 0.4) is 0 Å². The van der Waals surface area contributed by atoms with Crippen molar-refractivity contribution in [3.63, 3.8) is 0 Å². The van der Waals surface area contributed by atoms with E-state index in [0.717, 1.165) is 6.54 Å². The first kappa shape index (κ1) is 15.2. The molecular formula is C15H32N4. The number of piperidine rings is 1. The van der Waals surface area contributed by atoms with Gasteiger partial charge >= 0.3 is 0 Å². The van der Waals surface area contributed by atoms with Crippen LogP contribution in [0.1, 0.15) is 32.1 Å². The van der Waals surface area contributed by atoms with E-state index in [0.29, 0.717) is 6.04 Å². The summed E-state index contributed by atoms with van der Waals surface area (Å²) in [4.78, 5) is 7.57. The maximum absolute atomic E-state index is 6.23. The predicted octanol–water partition coefficient (Wildman–Crippen LogP) is 0.826. The van der Waals surface area contributed by atoms with E-state index in [-0.39, 0.29) is 5.54 Å². The summed E-state index contributed by atoms with van der Waals surface area (Å²) in [5.41, 5.74) is 6.50. The molecule has 0 saturated carbocycles. The van der Waals surface area contributed by atoms with Gasteiger partial charge in [-0.3, -0.25) is 4.90 Å². The Bertz CT molecular complexity index is 281. The highest BCUT2D eigenvalue weighted by atomic mass is 15.3. The van der Waals surface area contributed by atoms with Gasteiger partial charge in [0.05, 0.1) is 0 Å². The Morgan fingerprint density at radius 3 is 2.63 bits per heavy atom. The van der Waals surface area contributed by atoms with Crippen molar-refractivity contribution in [2.24, 2.45) is 5.73 Å². The molecule has 2 atom stereocenters. The molecule has 0 spiro atoms. The van der Waals surface area contributed by atoms with Crippen LogP contribution in [-0.2, 0) is 0 Å². The molecule has 0 aromatic heterocycles. The maximum atomic E-state index is 6.23. The Hall–Kier alpha value is -0.160. The predicted molar refractivity (Wildman–Crippen MR) is 81.4 cm³/mol. The number of hydrogen-bond acceptors (Lipinski definition) is 4. The molecule has 0 amide bonds. The second kappa shape index (κ2) is 6.53. The van der Waals surface area contributed by atoms with Gasteiger partial charge < -0.3 is 15.5 Å². The number of nitrogens with zero attached hydrogens (tertiary/aromatic N) is 3. The molecule has 0 aromatic carbocycles. The van der Waals surface area contributed by atoms with Gasteiger partial charge in [0, 0.05) is 24.7 Å². The average Bonchev–Trinajstić information content (AvgIpc) is 2.61. The smallest absolute Gasteiger partial charge is 0.0345 e. The fraction of sp³-hybridized carbons (Fsp3) is 1.00. The van der Waals surface area contributed by atoms with Crippen molar-refractivity contribution >= 4 is 0 Å². The van der Waals surface area contributed by atoms with E-state index < -0.39 is 0 Å². The largest absolute Gasteiger partial charge is 0.329 e. The number of likely N-dealkylation sites (tertiary alicyclic amines) is 2. The molecule has 112 valence electrons. The fourth-order valence-corrected chi connectivity index (χ4v) is 3.77. The third-order valence-corrected chi connectivity index (χ3v) is 5.32. The zero-order valence-corrected chi connectivity index (χ0v) is 13.1. The molecule has 4 nitrogen and oxygen atoms in total. The molecule has 2 rings (SSSR count). The first-order valence-electron chi connectivity index (χ1n) is 7.87. The van der Waals surface area contributed by atoms with Crippen molar-refractivity contribution in [2.75, 3.05) is 53.9 Å². The average molecular weight is 268 g/mol. The number of likely N-dealkylation sites (N-methyl/N-ethyl adjacent to an activating group) is 1. The van der Waals surface area contributed by atoms with E-state index in [9.17, 15) is 0 Å². The molecule has 0 radical (unpaired) electrons. The molecule has 2 saturated heterocycles. The number of rotatable bonds is 3. The van der Waals surface area contributed by atoms with Crippen molar-refractivity contribution in [1.29, 1.82) is 0 Å². The molecule has 4 heteroatoms. The van der Waals surface area contributed by atoms with Crippen molar-refractivity contribution in [3.8, 4) is 0 Å². The summed E-state index contributed by atoms with van der Waals surface area (Å²) in [5, 5.41) is 0. The molecule has 2 fully saturated rings. The molecule has 2 aliphatic heterocycles. The monoisotopic (exact) mass is 268 g/mol. The summed E-state index contributed by atoms with van der Waals surface area (Å²) in [6.45, 7) is 5.69. The Morgan fingerprint density at radius 2 is 1.95 bits per heavy atom. The van der Waals surface area contributed by atoms with Crippen LogP contribution >= 0.6 is 0 Å². The Labute approximate surface area is 118 Å². The summed E-state index contributed by atoms with van der Waals surface area (Å²) in [7, 11) is 6.67. The molecule has 0 aromatic rings. The summed E-state index contributed by atoms with van der Waals surface area (Å²) >= 11 is 0. The van der Waals surface area contributed by atoms with Gasteiger partial charge in [0.25, 0.3) is 0 Å². The van der Waals surface area contributed by atoms with Crippen molar-refractivity contribution in [2.45, 2.75) is 43.7 Å². The Morgan fingerprint density at radius 1 is 1.16 bits per heavy atom. The first-order chi connectivity index (χ1) is 9.07. The Balaban J connectivity index is 2.06. The van der Waals surface area contributed by atoms with E-state index in [1.165, 1.54) is 58.3 Å². The van der Waals surface area contributed by atoms with Crippen molar-refractivity contribution < 1.29 is 0 Å². The molecule has 2 aliphatic rings. The summed E-state index contributed by atoms with van der Waals surface area (Å²) in [5.74, 6) is 0. The van der Waals surface area contributed by atoms with E-state index in [2.05, 4.69) is 35.8 Å². The summed E-state index contributed by atoms with van der Waals surface area (Å²) in [6, 6.07) is 0.707. The van der Waals surface area contributed by atoms with Crippen LogP contribution in [0, 0.1) is 0 Å². The quantitative estimate of drug-likeness (QED) is 0.822. The lowest BCUT2D eigenvalue weighted by molar-refractivity contribution is 0.0257. The van der Waals surface area contributed by atoms with Gasteiger partial charge in [0.2, 0.25) is 0 Å². The summed E-state index contributed by atoms with van der Waals surface area (Å²) < 4.78 is 0. The van der Waals surface area contributed by atoms with Gasteiger partial charge in [-0.2, -0.15) is 0 Å². The SMILES string of the molecule is CN1CCCC(CN)(N2CCCC(N(C)C)C2)CC1. The highest BCUT2D eigenvalue weighted by Gasteiger charge is 2.39. The molecule has 2 N–H and O–H groups in total. The zero-order chi connectivity index (χ0) is 13.9. The second-order valence-electron chi connectivity index (χ2n) is 6.79. The number of hydrogen-bond donors (Lipinski definition) is 1. The molecule has 0 aliphatic carbocycles. The lowest BCUT2D eigenvalue weighted by Crippen LogP contribution is -2.59. The van der Waals surface area contributed by atoms with Crippen LogP contribution < -0.4 is 5.73 Å². The summed E-state index contributed by atoms with van der Waals surface area (Å²) in [6.07, 6.45) is 6.45. The molecule has 2 unspecified atom stereocenters. The molecule has 0 bridgehead atoms. The van der Waals surface area contributed by atoms with Crippen LogP contribution in [-0.4, -0.2) is 80.1 Å². The minimum atomic E-state index is 0.263. The first-order valence-corrected chi connectivity index (χ1v) is 7.87. The lowest BCUT2D eigenvalue weighted by Gasteiger charge is -2.48. The molecular weight excluding hydrogens is 236 g/mol. The highest BCUT2D eigenvalue weighted by Crippen LogP contribution is 2.31. The van der Waals surface area contributed by atoms with Gasteiger partial charge in [-0.15, -0.1) is 0 Å². The minimum absolute atomic E-state index is 0.263. The third kappa shape index (κ3) is 3.48. The van der Waals surface area contributed by atoms with Crippen LogP contribution in [0.15, 0.2) is 0 Å². The van der Waals surface area contributed by atoms with E-state index in [1.807, 2.05) is 0 Å². The molecule has 2 heterocycles. The van der Waals surface area contributed by atoms with E-state index in [4.69, 9.17) is 5.73 Å². The standard InChI is InChI=1S/C15H32N4/c1-17(2)14-6-4-10-19(12-14)15(13-16)7-5-9-18(3)11-8-15/h14H,4-13,16H2,1-3H3. The normalized spacial score (nSPS) is 35.5. The highest BCUT2D eigenvalue weighted by molar-refractivity contribution is 4.97. The van der Waals surface area contributed by atoms with Crippen LogP contribution in [0.4, 0.5) is 0 Å². The Kier molecular flexibility index (Phi) is 5.23. The van der Waals surface area contributed by atoms with Crippen LogP contribution in [0.5, 0.6) is 0 Å².